The summed E-state index contributed by atoms with van der Waals surface area (Å²) in [7, 11) is 1.53. The maximum absolute atomic E-state index is 14.7. The summed E-state index contributed by atoms with van der Waals surface area (Å²) in [6.45, 7) is 3.92. The Morgan fingerprint density at radius 3 is 2.57 bits per heavy atom. The molecule has 30 heavy (non-hydrogen) atoms. The van der Waals surface area contributed by atoms with E-state index in [1.165, 1.54) is 17.8 Å². The smallest absolute Gasteiger partial charge is 0.368 e. The zero-order valence-corrected chi connectivity index (χ0v) is 16.8. The average Bonchev–Trinajstić information content (AvgIpc) is 3.08. The number of tetrazole rings is 1. The van der Waals surface area contributed by atoms with Crippen LogP contribution in [0.2, 0.25) is 0 Å². The molecule has 0 atom stereocenters. The van der Waals surface area contributed by atoms with E-state index in [0.717, 1.165) is 21.4 Å². The fraction of sp³-hybridized carbons (Fsp3) is 0.182. The van der Waals surface area contributed by atoms with E-state index in [1.807, 2.05) is 32.0 Å². The number of ether oxygens (including phenoxy) is 1. The van der Waals surface area contributed by atoms with Gasteiger partial charge in [-0.25, -0.2) is 9.18 Å². The molecular weight excluding hydrogens is 385 g/mol. The van der Waals surface area contributed by atoms with Crippen LogP contribution in [0.25, 0.3) is 16.9 Å². The second kappa shape index (κ2) is 7.90. The first kappa shape index (κ1) is 19.5. The minimum absolute atomic E-state index is 0.147. The normalized spacial score (nSPS) is 10.9. The zero-order valence-electron chi connectivity index (χ0n) is 16.8. The fourth-order valence-corrected chi connectivity index (χ4v) is 3.22. The zero-order chi connectivity index (χ0) is 21.3. The highest BCUT2D eigenvalue weighted by Crippen LogP contribution is 2.29. The Morgan fingerprint density at radius 2 is 1.87 bits per heavy atom. The van der Waals surface area contributed by atoms with E-state index in [1.54, 1.807) is 30.5 Å². The molecule has 0 amide bonds. The van der Waals surface area contributed by atoms with Gasteiger partial charge in [0.25, 0.3) is 0 Å². The first-order valence-corrected chi connectivity index (χ1v) is 9.38. The van der Waals surface area contributed by atoms with E-state index in [2.05, 4.69) is 15.4 Å². The topological polar surface area (TPSA) is 74.8 Å². The number of hydrogen-bond acceptors (Lipinski definition) is 5. The molecule has 0 radical (unpaired) electrons. The van der Waals surface area contributed by atoms with Crippen molar-refractivity contribution in [3.05, 3.63) is 87.7 Å². The largest absolute Gasteiger partial charge is 0.488 e. The molecule has 0 bridgehead atoms. The summed E-state index contributed by atoms with van der Waals surface area (Å²) in [5.74, 6) is 0.0114. The number of aryl methyl sites for hydroxylation is 3. The summed E-state index contributed by atoms with van der Waals surface area (Å²) >= 11 is 0. The summed E-state index contributed by atoms with van der Waals surface area (Å²) in [5, 5.41) is 7.68. The number of benzene rings is 2. The molecule has 152 valence electrons. The first-order valence-electron chi connectivity index (χ1n) is 9.38. The fourth-order valence-electron chi connectivity index (χ4n) is 3.22. The van der Waals surface area contributed by atoms with Crippen LogP contribution in [0.4, 0.5) is 4.39 Å². The van der Waals surface area contributed by atoms with Crippen LogP contribution in [0.1, 0.15) is 16.7 Å². The van der Waals surface area contributed by atoms with Crippen molar-refractivity contribution in [2.45, 2.75) is 20.5 Å². The summed E-state index contributed by atoms with van der Waals surface area (Å²) in [6, 6.07) is 14.0. The van der Waals surface area contributed by atoms with Crippen LogP contribution in [-0.2, 0) is 13.7 Å². The van der Waals surface area contributed by atoms with Crippen molar-refractivity contribution in [3.63, 3.8) is 0 Å². The lowest BCUT2D eigenvalue weighted by Crippen LogP contribution is -2.23. The van der Waals surface area contributed by atoms with Gasteiger partial charge in [-0.1, -0.05) is 18.2 Å². The summed E-state index contributed by atoms with van der Waals surface area (Å²) in [4.78, 5) is 16.5. The van der Waals surface area contributed by atoms with Gasteiger partial charge < -0.3 is 4.74 Å². The standard InChI is InChI=1S/C22H20FN5O2/c1-14-7-6-9-20(28-22(29)27(3)25-26-28)17(14)13-30-21-12-18(23)16(11-15(21)2)19-8-4-5-10-24-19/h4-12H,13H2,1-3H3. The number of rotatable bonds is 5. The minimum atomic E-state index is -0.413. The molecule has 4 rings (SSSR count). The Morgan fingerprint density at radius 1 is 1.03 bits per heavy atom. The number of hydrogen-bond donors (Lipinski definition) is 0. The van der Waals surface area contributed by atoms with Gasteiger partial charge in [-0.15, -0.1) is 0 Å². The predicted molar refractivity (Wildman–Crippen MR) is 110 cm³/mol. The maximum atomic E-state index is 14.7. The van der Waals surface area contributed by atoms with E-state index >= 15 is 0 Å². The van der Waals surface area contributed by atoms with E-state index in [4.69, 9.17) is 4.74 Å². The molecule has 7 nitrogen and oxygen atoms in total. The predicted octanol–water partition coefficient (Wildman–Crippen LogP) is 3.36. The second-order valence-corrected chi connectivity index (χ2v) is 6.97. The van der Waals surface area contributed by atoms with Crippen molar-refractivity contribution >= 4 is 0 Å². The van der Waals surface area contributed by atoms with Gasteiger partial charge in [-0.2, -0.15) is 9.36 Å². The SMILES string of the molecule is Cc1cc(-c2ccccn2)c(F)cc1OCc1c(C)cccc1-n1nnn(C)c1=O. The number of pyridine rings is 1. The Labute approximate surface area is 172 Å². The third kappa shape index (κ3) is 3.59. The lowest BCUT2D eigenvalue weighted by molar-refractivity contribution is 0.301. The van der Waals surface area contributed by atoms with Gasteiger partial charge in [0, 0.05) is 30.4 Å². The van der Waals surface area contributed by atoms with E-state index in [9.17, 15) is 9.18 Å². The number of aromatic nitrogens is 5. The summed E-state index contributed by atoms with van der Waals surface area (Å²) in [5.41, 5.74) is 3.68. The van der Waals surface area contributed by atoms with Crippen molar-refractivity contribution in [1.29, 1.82) is 0 Å². The van der Waals surface area contributed by atoms with Crippen molar-refractivity contribution in [2.24, 2.45) is 7.05 Å². The monoisotopic (exact) mass is 405 g/mol. The Kier molecular flexibility index (Phi) is 5.14. The van der Waals surface area contributed by atoms with Gasteiger partial charge in [0.05, 0.1) is 11.4 Å². The van der Waals surface area contributed by atoms with Gasteiger partial charge in [0.15, 0.2) is 0 Å². The van der Waals surface area contributed by atoms with Crippen molar-refractivity contribution in [3.8, 4) is 22.7 Å². The summed E-state index contributed by atoms with van der Waals surface area (Å²) in [6.07, 6.45) is 1.63. The van der Waals surface area contributed by atoms with E-state index in [-0.39, 0.29) is 12.3 Å². The first-order chi connectivity index (χ1) is 14.5. The molecule has 0 aliphatic carbocycles. The molecule has 2 aromatic heterocycles. The molecule has 0 unspecified atom stereocenters. The maximum Gasteiger partial charge on any atom is 0.368 e. The van der Waals surface area contributed by atoms with Gasteiger partial charge in [-0.3, -0.25) is 4.98 Å². The van der Waals surface area contributed by atoms with Crippen LogP contribution in [0.5, 0.6) is 5.75 Å². The van der Waals surface area contributed by atoms with E-state index < -0.39 is 5.82 Å². The van der Waals surface area contributed by atoms with Crippen LogP contribution in [-0.4, -0.2) is 24.8 Å². The van der Waals surface area contributed by atoms with Crippen molar-refractivity contribution < 1.29 is 9.13 Å². The highest BCUT2D eigenvalue weighted by Gasteiger charge is 2.15. The number of halogens is 1. The van der Waals surface area contributed by atoms with Crippen molar-refractivity contribution in [1.82, 2.24) is 24.8 Å². The third-order valence-electron chi connectivity index (χ3n) is 4.91. The lowest BCUT2D eigenvalue weighted by Gasteiger charge is -2.15. The Hall–Kier alpha value is -3.81. The van der Waals surface area contributed by atoms with Gasteiger partial charge in [0.2, 0.25) is 0 Å². The molecule has 0 saturated carbocycles. The van der Waals surface area contributed by atoms with Crippen LogP contribution < -0.4 is 10.4 Å². The molecule has 0 spiro atoms. The van der Waals surface area contributed by atoms with E-state index in [0.29, 0.717) is 22.7 Å². The highest BCUT2D eigenvalue weighted by atomic mass is 19.1. The van der Waals surface area contributed by atoms with Gasteiger partial charge >= 0.3 is 5.69 Å². The van der Waals surface area contributed by atoms with Crippen LogP contribution >= 0.6 is 0 Å². The number of nitrogens with zero attached hydrogens (tertiary/aromatic N) is 5. The quantitative estimate of drug-likeness (QED) is 0.509. The summed E-state index contributed by atoms with van der Waals surface area (Å²) < 4.78 is 23.1. The molecule has 0 aliphatic rings. The molecule has 0 saturated heterocycles. The van der Waals surface area contributed by atoms with Gasteiger partial charge in [0.1, 0.15) is 18.2 Å². The third-order valence-corrected chi connectivity index (χ3v) is 4.91. The Bertz CT molecular complexity index is 1260. The molecule has 0 aliphatic heterocycles. The Balaban J connectivity index is 1.66. The van der Waals surface area contributed by atoms with Gasteiger partial charge in [-0.05, 0) is 59.7 Å². The molecule has 0 N–H and O–H groups in total. The highest BCUT2D eigenvalue weighted by molar-refractivity contribution is 5.62. The lowest BCUT2D eigenvalue weighted by atomic mass is 10.1. The van der Waals surface area contributed by atoms with Crippen LogP contribution in [0.3, 0.4) is 0 Å². The van der Waals surface area contributed by atoms with Crippen molar-refractivity contribution in [2.75, 3.05) is 0 Å². The average molecular weight is 405 g/mol. The molecule has 0 fully saturated rings. The second-order valence-electron chi connectivity index (χ2n) is 6.97. The molecule has 4 aromatic rings. The van der Waals surface area contributed by atoms with Crippen LogP contribution in [0.15, 0.2) is 59.5 Å². The molecule has 2 heterocycles. The minimum Gasteiger partial charge on any atom is -0.488 e. The molecular formula is C22H20FN5O2. The molecule has 8 heteroatoms. The van der Waals surface area contributed by atoms with Crippen LogP contribution in [0, 0.1) is 19.7 Å². The molecule has 2 aromatic carbocycles.